The number of carbonyl (C=O) groups excluding carboxylic acids is 2. The van der Waals surface area contributed by atoms with Crippen molar-refractivity contribution in [1.29, 1.82) is 0 Å². The Bertz CT molecular complexity index is 1130. The minimum atomic E-state index is -0.801. The van der Waals surface area contributed by atoms with Gasteiger partial charge in [0.1, 0.15) is 6.04 Å². The quantitative estimate of drug-likeness (QED) is 0.480. The third kappa shape index (κ3) is 6.65. The van der Waals surface area contributed by atoms with E-state index in [1.807, 2.05) is 58.9 Å². The molecule has 1 amide bonds. The molecule has 36 heavy (non-hydrogen) atoms. The molecule has 6 heteroatoms. The van der Waals surface area contributed by atoms with Gasteiger partial charge in [-0.3, -0.25) is 14.2 Å². The summed E-state index contributed by atoms with van der Waals surface area (Å²) in [4.78, 5) is 40.3. The van der Waals surface area contributed by atoms with Gasteiger partial charge in [-0.15, -0.1) is 0 Å². The summed E-state index contributed by atoms with van der Waals surface area (Å²) >= 11 is 0. The van der Waals surface area contributed by atoms with Crippen molar-refractivity contribution in [2.24, 2.45) is 11.3 Å². The van der Waals surface area contributed by atoms with Crippen LogP contribution in [0.25, 0.3) is 11.3 Å². The first kappa shape index (κ1) is 27.7. The molecule has 1 fully saturated rings. The maximum absolute atomic E-state index is 13.7. The average Bonchev–Trinajstić information content (AvgIpc) is 2.80. The van der Waals surface area contributed by atoms with Crippen LogP contribution in [-0.4, -0.2) is 29.1 Å². The summed E-state index contributed by atoms with van der Waals surface area (Å²) in [5.74, 6) is 0.0172. The van der Waals surface area contributed by atoms with Gasteiger partial charge in [-0.25, -0.2) is 4.79 Å². The number of hydrogen-bond donors (Lipinski definition) is 1. The van der Waals surface area contributed by atoms with E-state index in [1.165, 1.54) is 6.07 Å². The van der Waals surface area contributed by atoms with Gasteiger partial charge in [0.15, 0.2) is 0 Å². The minimum Gasteiger partial charge on any atom is -0.464 e. The Morgan fingerprint density at radius 2 is 1.69 bits per heavy atom. The lowest BCUT2D eigenvalue weighted by Gasteiger charge is -2.30. The van der Waals surface area contributed by atoms with Crippen LogP contribution in [0.5, 0.6) is 0 Å². The lowest BCUT2D eigenvalue weighted by Crippen LogP contribution is -2.40. The normalized spacial score (nSPS) is 19.0. The molecule has 196 valence electrons. The number of aromatic nitrogens is 1. The maximum atomic E-state index is 13.7. The number of aryl methyl sites for hydroxylation is 1. The monoisotopic (exact) mass is 494 g/mol. The first-order chi connectivity index (χ1) is 16.9. The van der Waals surface area contributed by atoms with Crippen LogP contribution in [0.1, 0.15) is 94.2 Å². The Hall–Kier alpha value is -2.89. The number of ether oxygens (including phenoxy) is 1. The van der Waals surface area contributed by atoms with Gasteiger partial charge in [0, 0.05) is 17.7 Å². The van der Waals surface area contributed by atoms with Gasteiger partial charge in [0.2, 0.25) is 0 Å². The second-order valence-corrected chi connectivity index (χ2v) is 11.6. The number of benzene rings is 1. The zero-order valence-electron chi connectivity index (χ0n) is 22.9. The van der Waals surface area contributed by atoms with Gasteiger partial charge in [0.25, 0.3) is 11.5 Å². The Morgan fingerprint density at radius 1 is 1.08 bits per heavy atom. The van der Waals surface area contributed by atoms with Crippen molar-refractivity contribution >= 4 is 11.9 Å². The van der Waals surface area contributed by atoms with Crippen LogP contribution < -0.4 is 10.9 Å². The van der Waals surface area contributed by atoms with Gasteiger partial charge in [-0.2, -0.15) is 0 Å². The zero-order chi connectivity index (χ0) is 26.6. The fourth-order valence-electron chi connectivity index (χ4n) is 5.10. The van der Waals surface area contributed by atoms with Crippen LogP contribution in [0.2, 0.25) is 0 Å². The molecule has 1 atom stereocenters. The standard InChI is InChI=1S/C30H42N2O4/c1-8-36-29(35)25(18-30(5,6)7)32-26(33)17-24(28(34)31-23-15-11-20(3)12-16-23)21(4)27(32)22-13-9-19(2)10-14-22/h9-10,13-14,17,20,23,25H,8,11-12,15-16,18H2,1-7H3,(H,31,34). The van der Waals surface area contributed by atoms with Crippen LogP contribution >= 0.6 is 0 Å². The van der Waals surface area contributed by atoms with Crippen molar-refractivity contribution in [3.05, 3.63) is 57.4 Å². The molecular formula is C30H42N2O4. The third-order valence-corrected chi connectivity index (χ3v) is 7.10. The lowest BCUT2D eigenvalue weighted by atomic mass is 9.86. The Labute approximate surface area is 215 Å². The van der Waals surface area contributed by atoms with E-state index in [-0.39, 0.29) is 29.5 Å². The lowest BCUT2D eigenvalue weighted by molar-refractivity contribution is -0.148. The van der Waals surface area contributed by atoms with Crippen molar-refractivity contribution in [3.8, 4) is 11.3 Å². The molecule has 1 unspecified atom stereocenters. The summed E-state index contributed by atoms with van der Waals surface area (Å²) in [5.41, 5.74) is 2.91. The number of esters is 1. The summed E-state index contributed by atoms with van der Waals surface area (Å²) in [6.07, 6.45) is 4.51. The number of pyridine rings is 1. The number of nitrogens with one attached hydrogen (secondary N) is 1. The van der Waals surface area contributed by atoms with Gasteiger partial charge >= 0.3 is 5.97 Å². The number of hydrogen-bond acceptors (Lipinski definition) is 4. The highest BCUT2D eigenvalue weighted by atomic mass is 16.5. The molecule has 0 radical (unpaired) electrons. The molecule has 1 heterocycles. The molecule has 1 aromatic heterocycles. The van der Waals surface area contributed by atoms with E-state index < -0.39 is 12.0 Å². The van der Waals surface area contributed by atoms with E-state index >= 15 is 0 Å². The topological polar surface area (TPSA) is 77.4 Å². The second-order valence-electron chi connectivity index (χ2n) is 11.6. The average molecular weight is 495 g/mol. The van der Waals surface area contributed by atoms with Crippen molar-refractivity contribution in [1.82, 2.24) is 9.88 Å². The third-order valence-electron chi connectivity index (χ3n) is 7.10. The zero-order valence-corrected chi connectivity index (χ0v) is 22.9. The predicted molar refractivity (Wildman–Crippen MR) is 144 cm³/mol. The molecule has 1 N–H and O–H groups in total. The summed E-state index contributed by atoms with van der Waals surface area (Å²) in [5, 5.41) is 3.16. The van der Waals surface area contributed by atoms with Crippen LogP contribution in [0, 0.1) is 25.2 Å². The van der Waals surface area contributed by atoms with E-state index in [2.05, 4.69) is 12.2 Å². The van der Waals surface area contributed by atoms with E-state index in [4.69, 9.17) is 4.74 Å². The minimum absolute atomic E-state index is 0.117. The summed E-state index contributed by atoms with van der Waals surface area (Å²) < 4.78 is 6.96. The highest BCUT2D eigenvalue weighted by Crippen LogP contribution is 2.34. The van der Waals surface area contributed by atoms with Crippen LogP contribution in [0.4, 0.5) is 0 Å². The molecule has 0 saturated heterocycles. The fraction of sp³-hybridized carbons (Fsp3) is 0.567. The number of carbonyl (C=O) groups is 2. The smallest absolute Gasteiger partial charge is 0.329 e. The second kappa shape index (κ2) is 11.4. The van der Waals surface area contributed by atoms with Crippen LogP contribution in [0.15, 0.2) is 35.1 Å². The molecule has 1 saturated carbocycles. The highest BCUT2D eigenvalue weighted by Gasteiger charge is 2.32. The largest absolute Gasteiger partial charge is 0.464 e. The van der Waals surface area contributed by atoms with E-state index in [0.717, 1.165) is 36.8 Å². The van der Waals surface area contributed by atoms with Gasteiger partial charge in [-0.1, -0.05) is 57.5 Å². The first-order valence-corrected chi connectivity index (χ1v) is 13.2. The van der Waals surface area contributed by atoms with Crippen molar-refractivity contribution in [2.45, 2.75) is 92.7 Å². The molecule has 1 aromatic carbocycles. The number of rotatable bonds is 7. The van der Waals surface area contributed by atoms with Crippen LogP contribution in [0.3, 0.4) is 0 Å². The Kier molecular flexibility index (Phi) is 8.80. The van der Waals surface area contributed by atoms with Crippen molar-refractivity contribution in [3.63, 3.8) is 0 Å². The van der Waals surface area contributed by atoms with Crippen molar-refractivity contribution in [2.75, 3.05) is 6.61 Å². The molecule has 0 spiro atoms. The summed E-state index contributed by atoms with van der Waals surface area (Å²) in [6.45, 7) is 14.2. The van der Waals surface area contributed by atoms with E-state index in [9.17, 15) is 14.4 Å². The van der Waals surface area contributed by atoms with Crippen LogP contribution in [-0.2, 0) is 9.53 Å². The molecule has 6 nitrogen and oxygen atoms in total. The molecule has 2 aromatic rings. The van der Waals surface area contributed by atoms with Gasteiger partial charge in [0.05, 0.1) is 12.3 Å². The molecular weight excluding hydrogens is 452 g/mol. The van der Waals surface area contributed by atoms with Gasteiger partial charge < -0.3 is 10.1 Å². The summed E-state index contributed by atoms with van der Waals surface area (Å²) in [6, 6.07) is 8.54. The highest BCUT2D eigenvalue weighted by molar-refractivity contribution is 5.97. The fourth-order valence-corrected chi connectivity index (χ4v) is 5.10. The SMILES string of the molecule is CCOC(=O)C(CC(C)(C)C)n1c(-c2ccc(C)cc2)c(C)c(C(=O)NC2CCC(C)CC2)cc1=O. The predicted octanol–water partition coefficient (Wildman–Crippen LogP) is 5.98. The molecule has 0 aliphatic heterocycles. The first-order valence-electron chi connectivity index (χ1n) is 13.2. The Morgan fingerprint density at radius 3 is 2.25 bits per heavy atom. The number of amides is 1. The van der Waals surface area contributed by atoms with Crippen molar-refractivity contribution < 1.29 is 14.3 Å². The van der Waals surface area contributed by atoms with E-state index in [0.29, 0.717) is 29.2 Å². The molecule has 1 aliphatic rings. The molecule has 1 aliphatic carbocycles. The molecule has 3 rings (SSSR count). The Balaban J connectivity index is 2.16. The summed E-state index contributed by atoms with van der Waals surface area (Å²) in [7, 11) is 0. The maximum Gasteiger partial charge on any atom is 0.329 e. The van der Waals surface area contributed by atoms with E-state index in [1.54, 1.807) is 11.5 Å². The molecule has 0 bridgehead atoms. The van der Waals surface area contributed by atoms with Gasteiger partial charge in [-0.05, 0) is 75.3 Å². The number of nitrogens with zero attached hydrogens (tertiary/aromatic N) is 1.